The maximum absolute atomic E-state index is 13.9. The van der Waals surface area contributed by atoms with Crippen LogP contribution in [0, 0.1) is 5.92 Å². The van der Waals surface area contributed by atoms with Crippen molar-refractivity contribution in [2.75, 3.05) is 13.1 Å². The van der Waals surface area contributed by atoms with Crippen LogP contribution in [0.3, 0.4) is 0 Å². The van der Waals surface area contributed by atoms with Gasteiger partial charge in [0.25, 0.3) is 5.91 Å². The molecule has 2 heterocycles. The normalized spacial score (nSPS) is 18.5. The SMILES string of the molecule is CCN1C(=O)N[C@@H](c2cccc(Oc3ccccc3)c2)C2=C1CN([C@H](C(=O)NC(C)C)C(C)C)C2=O. The first-order valence-electron chi connectivity index (χ1n) is 12.5. The van der Waals surface area contributed by atoms with E-state index >= 15 is 0 Å². The lowest BCUT2D eigenvalue weighted by molar-refractivity contribution is -0.138. The Morgan fingerprint density at radius 3 is 2.39 bits per heavy atom. The predicted molar refractivity (Wildman–Crippen MR) is 137 cm³/mol. The lowest BCUT2D eigenvalue weighted by Crippen LogP contribution is -2.52. The smallest absolute Gasteiger partial charge is 0.322 e. The summed E-state index contributed by atoms with van der Waals surface area (Å²) in [4.78, 5) is 43.2. The Morgan fingerprint density at radius 2 is 1.75 bits per heavy atom. The molecule has 0 saturated carbocycles. The number of benzene rings is 2. The van der Waals surface area contributed by atoms with Gasteiger partial charge in [-0.05, 0) is 56.5 Å². The molecule has 0 spiro atoms. The molecule has 8 nitrogen and oxygen atoms in total. The van der Waals surface area contributed by atoms with Gasteiger partial charge in [0.05, 0.1) is 23.9 Å². The summed E-state index contributed by atoms with van der Waals surface area (Å²) in [6, 6.07) is 15.2. The van der Waals surface area contributed by atoms with Gasteiger partial charge in [0.15, 0.2) is 0 Å². The third kappa shape index (κ3) is 4.94. The maximum Gasteiger partial charge on any atom is 0.322 e. The summed E-state index contributed by atoms with van der Waals surface area (Å²) in [5.41, 5.74) is 1.88. The van der Waals surface area contributed by atoms with E-state index in [0.717, 1.165) is 5.56 Å². The second kappa shape index (κ2) is 10.4. The molecule has 0 fully saturated rings. The minimum atomic E-state index is -0.646. The molecule has 190 valence electrons. The zero-order chi connectivity index (χ0) is 26.0. The Morgan fingerprint density at radius 1 is 1.06 bits per heavy atom. The van der Waals surface area contributed by atoms with Gasteiger partial charge in [-0.2, -0.15) is 0 Å². The summed E-state index contributed by atoms with van der Waals surface area (Å²) in [7, 11) is 0. The van der Waals surface area contributed by atoms with Crippen LogP contribution in [0.5, 0.6) is 11.5 Å². The fraction of sp³-hybridized carbons (Fsp3) is 0.393. The summed E-state index contributed by atoms with van der Waals surface area (Å²) >= 11 is 0. The van der Waals surface area contributed by atoms with E-state index in [1.807, 2.05) is 89.2 Å². The van der Waals surface area contributed by atoms with Crippen LogP contribution in [0.25, 0.3) is 0 Å². The Balaban J connectivity index is 1.69. The van der Waals surface area contributed by atoms with Gasteiger partial charge in [-0.25, -0.2) is 4.79 Å². The number of nitrogens with zero attached hydrogens (tertiary/aromatic N) is 2. The number of ether oxygens (including phenoxy) is 1. The average molecular weight is 491 g/mol. The van der Waals surface area contributed by atoms with E-state index in [1.165, 1.54) is 0 Å². The fourth-order valence-electron chi connectivity index (χ4n) is 4.88. The van der Waals surface area contributed by atoms with Crippen LogP contribution < -0.4 is 15.4 Å². The highest BCUT2D eigenvalue weighted by molar-refractivity contribution is 6.03. The van der Waals surface area contributed by atoms with Gasteiger partial charge in [-0.1, -0.05) is 44.2 Å². The molecule has 2 aromatic rings. The highest BCUT2D eigenvalue weighted by Gasteiger charge is 2.47. The molecule has 2 N–H and O–H groups in total. The third-order valence-corrected chi connectivity index (χ3v) is 6.40. The standard InChI is InChI=1S/C28H34N4O4/c1-6-31-22-16-32(25(17(2)3)26(33)29-18(4)5)27(34)23(22)24(30-28(31)35)19-11-10-14-21(15-19)36-20-12-8-7-9-13-20/h7-15,17-18,24-25H,6,16H2,1-5H3,(H,29,33)(H,30,35)/t24-,25-/m0/s1. The molecule has 0 aliphatic carbocycles. The van der Waals surface area contributed by atoms with E-state index in [2.05, 4.69) is 10.6 Å². The Bertz CT molecular complexity index is 1180. The molecule has 2 aromatic carbocycles. The van der Waals surface area contributed by atoms with Gasteiger partial charge in [-0.3, -0.25) is 14.5 Å². The van der Waals surface area contributed by atoms with Crippen LogP contribution in [0.4, 0.5) is 4.79 Å². The first-order chi connectivity index (χ1) is 17.2. The minimum absolute atomic E-state index is 0.0467. The molecule has 4 amide bonds. The van der Waals surface area contributed by atoms with Crippen molar-refractivity contribution in [1.82, 2.24) is 20.4 Å². The minimum Gasteiger partial charge on any atom is -0.457 e. The van der Waals surface area contributed by atoms with E-state index in [-0.39, 0.29) is 36.3 Å². The first kappa shape index (κ1) is 25.3. The topological polar surface area (TPSA) is 91.0 Å². The molecule has 0 unspecified atom stereocenters. The monoisotopic (exact) mass is 490 g/mol. The molecule has 0 radical (unpaired) electrons. The Labute approximate surface area is 212 Å². The van der Waals surface area contributed by atoms with E-state index in [1.54, 1.807) is 9.80 Å². The lowest BCUT2D eigenvalue weighted by atomic mass is 9.95. The molecule has 2 aliphatic heterocycles. The summed E-state index contributed by atoms with van der Waals surface area (Å²) in [6.07, 6.45) is 0. The van der Waals surface area contributed by atoms with Crippen LogP contribution in [-0.4, -0.2) is 52.8 Å². The molecule has 2 aliphatic rings. The number of hydrogen-bond acceptors (Lipinski definition) is 4. The van der Waals surface area contributed by atoms with Crippen molar-refractivity contribution in [2.45, 2.75) is 52.7 Å². The number of amides is 4. The average Bonchev–Trinajstić information content (AvgIpc) is 3.15. The van der Waals surface area contributed by atoms with Gasteiger partial charge in [-0.15, -0.1) is 0 Å². The molecule has 2 atom stereocenters. The number of nitrogens with one attached hydrogen (secondary N) is 2. The lowest BCUT2D eigenvalue weighted by Gasteiger charge is -2.33. The molecule has 36 heavy (non-hydrogen) atoms. The first-order valence-corrected chi connectivity index (χ1v) is 12.5. The predicted octanol–water partition coefficient (Wildman–Crippen LogP) is 4.21. The van der Waals surface area contributed by atoms with Crippen molar-refractivity contribution in [3.63, 3.8) is 0 Å². The van der Waals surface area contributed by atoms with Gasteiger partial charge < -0.3 is 20.3 Å². The van der Waals surface area contributed by atoms with Crippen molar-refractivity contribution in [3.8, 4) is 11.5 Å². The Kier molecular flexibility index (Phi) is 7.33. The maximum atomic E-state index is 13.9. The summed E-state index contributed by atoms with van der Waals surface area (Å²) < 4.78 is 5.99. The highest BCUT2D eigenvalue weighted by atomic mass is 16.5. The largest absolute Gasteiger partial charge is 0.457 e. The molecule has 4 rings (SSSR count). The van der Waals surface area contributed by atoms with E-state index in [0.29, 0.717) is 29.3 Å². The highest BCUT2D eigenvalue weighted by Crippen LogP contribution is 2.38. The van der Waals surface area contributed by atoms with Crippen LogP contribution in [0.2, 0.25) is 0 Å². The van der Waals surface area contributed by atoms with Crippen LogP contribution in [0.1, 0.15) is 46.2 Å². The number of rotatable bonds is 8. The van der Waals surface area contributed by atoms with Crippen molar-refractivity contribution < 1.29 is 19.1 Å². The summed E-state index contributed by atoms with van der Waals surface area (Å²) in [5, 5.41) is 5.95. The Hall–Kier alpha value is -3.81. The second-order valence-electron chi connectivity index (χ2n) is 9.76. The number of urea groups is 1. The zero-order valence-electron chi connectivity index (χ0n) is 21.4. The quantitative estimate of drug-likeness (QED) is 0.580. The van der Waals surface area contributed by atoms with Crippen molar-refractivity contribution >= 4 is 17.8 Å². The van der Waals surface area contributed by atoms with Crippen LogP contribution in [0.15, 0.2) is 65.9 Å². The molecule has 0 saturated heterocycles. The van der Waals surface area contributed by atoms with E-state index in [4.69, 9.17) is 4.74 Å². The van der Waals surface area contributed by atoms with Gasteiger partial charge in [0.1, 0.15) is 17.5 Å². The fourth-order valence-corrected chi connectivity index (χ4v) is 4.88. The number of hydrogen-bond donors (Lipinski definition) is 2. The molecular formula is C28H34N4O4. The van der Waals surface area contributed by atoms with Crippen molar-refractivity contribution in [3.05, 3.63) is 71.4 Å². The van der Waals surface area contributed by atoms with Gasteiger partial charge >= 0.3 is 6.03 Å². The van der Waals surface area contributed by atoms with Crippen molar-refractivity contribution in [2.24, 2.45) is 5.92 Å². The van der Waals surface area contributed by atoms with Crippen LogP contribution in [-0.2, 0) is 9.59 Å². The van der Waals surface area contributed by atoms with E-state index in [9.17, 15) is 14.4 Å². The second-order valence-corrected chi connectivity index (χ2v) is 9.76. The molecular weight excluding hydrogens is 456 g/mol. The number of carbonyl (C=O) groups is 3. The molecule has 8 heteroatoms. The summed E-state index contributed by atoms with van der Waals surface area (Å²) in [6.45, 7) is 10.1. The molecule has 0 aromatic heterocycles. The van der Waals surface area contributed by atoms with Gasteiger partial charge in [0, 0.05) is 12.6 Å². The van der Waals surface area contributed by atoms with Crippen molar-refractivity contribution in [1.29, 1.82) is 0 Å². The van der Waals surface area contributed by atoms with E-state index < -0.39 is 12.1 Å². The number of likely N-dealkylation sites (N-methyl/N-ethyl adjacent to an activating group) is 1. The third-order valence-electron chi connectivity index (χ3n) is 6.40. The van der Waals surface area contributed by atoms with Gasteiger partial charge in [0.2, 0.25) is 5.91 Å². The number of carbonyl (C=O) groups excluding carboxylic acids is 3. The number of para-hydroxylation sites is 1. The van der Waals surface area contributed by atoms with Crippen LogP contribution >= 0.6 is 0 Å². The zero-order valence-corrected chi connectivity index (χ0v) is 21.4. The summed E-state index contributed by atoms with van der Waals surface area (Å²) in [5.74, 6) is 0.768. The molecule has 0 bridgehead atoms.